The molecular formula is C51H82O23. The van der Waals surface area contributed by atoms with E-state index in [4.69, 9.17) is 37.9 Å². The van der Waals surface area contributed by atoms with Crippen LogP contribution in [0, 0.1) is 46.3 Å². The quantitative estimate of drug-likeness (QED) is 0.0632. The summed E-state index contributed by atoms with van der Waals surface area (Å²) < 4.78 is 47.7. The Morgan fingerprint density at radius 3 is 1.84 bits per heavy atom. The molecule has 3 saturated carbocycles. The van der Waals surface area contributed by atoms with Crippen LogP contribution in [0.5, 0.6) is 0 Å². The van der Waals surface area contributed by atoms with Crippen molar-refractivity contribution in [2.75, 3.05) is 33.0 Å². The molecule has 8 rings (SSSR count). The van der Waals surface area contributed by atoms with Gasteiger partial charge in [-0.2, -0.15) is 0 Å². The molecule has 23 heteroatoms. The molecule has 4 aliphatic heterocycles. The van der Waals surface area contributed by atoms with Crippen LogP contribution >= 0.6 is 0 Å². The molecule has 0 bridgehead atoms. The van der Waals surface area contributed by atoms with Gasteiger partial charge in [0.2, 0.25) is 0 Å². The van der Waals surface area contributed by atoms with Crippen molar-refractivity contribution >= 4 is 5.78 Å². The first-order valence-corrected chi connectivity index (χ1v) is 26.4. The summed E-state index contributed by atoms with van der Waals surface area (Å²) in [5.41, 5.74) is 0.997. The molecule has 4 aliphatic carbocycles. The van der Waals surface area contributed by atoms with Crippen molar-refractivity contribution in [2.45, 2.75) is 208 Å². The lowest BCUT2D eigenvalue weighted by Crippen LogP contribution is -2.67. The Kier molecular flexibility index (Phi) is 18.6. The van der Waals surface area contributed by atoms with E-state index in [0.717, 1.165) is 36.8 Å². The second kappa shape index (κ2) is 23.5. The Morgan fingerprint density at radius 1 is 0.689 bits per heavy atom. The number of allylic oxidation sites excluding steroid dienone is 2. The Balaban J connectivity index is 1.03. The number of hydrogen-bond acceptors (Lipinski definition) is 23. The lowest BCUT2D eigenvalue weighted by atomic mass is 9.46. The lowest BCUT2D eigenvalue weighted by Gasteiger charge is -2.59. The van der Waals surface area contributed by atoms with Gasteiger partial charge in [-0.3, -0.25) is 4.79 Å². The van der Waals surface area contributed by atoms with Crippen LogP contribution in [0.2, 0.25) is 0 Å². The smallest absolute Gasteiger partial charge is 0.187 e. The normalized spacial score (nSPS) is 50.2. The van der Waals surface area contributed by atoms with E-state index in [1.54, 1.807) is 0 Å². The van der Waals surface area contributed by atoms with Gasteiger partial charge in [-0.05, 0) is 90.9 Å². The van der Waals surface area contributed by atoms with Crippen molar-refractivity contribution in [3.05, 3.63) is 23.8 Å². The molecule has 0 radical (unpaired) electrons. The molecular weight excluding hydrogens is 981 g/mol. The fraction of sp³-hybridized carbons (Fsp3) is 0.902. The van der Waals surface area contributed by atoms with Crippen LogP contribution < -0.4 is 0 Å². The molecule has 0 unspecified atom stereocenters. The third-order valence-electron chi connectivity index (χ3n) is 18.5. The minimum atomic E-state index is -1.98. The van der Waals surface area contributed by atoms with E-state index in [1.807, 2.05) is 6.08 Å². The molecule has 0 amide bonds. The minimum Gasteiger partial charge on any atom is -0.396 e. The van der Waals surface area contributed by atoms with Crippen LogP contribution in [0.1, 0.15) is 79.1 Å². The monoisotopic (exact) mass is 1060 g/mol. The summed E-state index contributed by atoms with van der Waals surface area (Å²) in [5, 5.41) is 152. The number of carbonyl (C=O) groups is 1. The minimum absolute atomic E-state index is 0.00552. The molecule has 0 spiro atoms. The fourth-order valence-electron chi connectivity index (χ4n) is 14.0. The third kappa shape index (κ3) is 10.7. The van der Waals surface area contributed by atoms with Crippen molar-refractivity contribution in [1.29, 1.82) is 0 Å². The number of fused-ring (bicyclic) bond motifs is 5. The van der Waals surface area contributed by atoms with Crippen LogP contribution in [0.4, 0.5) is 0 Å². The number of hydrogen-bond donors (Lipinski definition) is 14. The summed E-state index contributed by atoms with van der Waals surface area (Å²) in [6.07, 6.45) is -29.4. The first-order valence-electron chi connectivity index (χ1n) is 26.4. The number of aliphatic hydroxyl groups is 14. The molecule has 4 saturated heterocycles. The van der Waals surface area contributed by atoms with Gasteiger partial charge in [0.25, 0.3) is 0 Å². The van der Waals surface area contributed by atoms with Crippen molar-refractivity contribution in [1.82, 2.24) is 0 Å². The Morgan fingerprint density at radius 2 is 1.26 bits per heavy atom. The van der Waals surface area contributed by atoms with Gasteiger partial charge in [-0.25, -0.2) is 0 Å². The molecule has 7 fully saturated rings. The van der Waals surface area contributed by atoms with Crippen LogP contribution in [0.25, 0.3) is 0 Å². The summed E-state index contributed by atoms with van der Waals surface area (Å²) in [6.45, 7) is 9.62. The van der Waals surface area contributed by atoms with Crippen molar-refractivity contribution in [3.8, 4) is 0 Å². The number of rotatable bonds is 17. The zero-order chi connectivity index (χ0) is 53.9. The molecule has 14 N–H and O–H groups in total. The maximum absolute atomic E-state index is 14.2. The maximum Gasteiger partial charge on any atom is 0.187 e. The second-order valence-corrected chi connectivity index (χ2v) is 23.0. The van der Waals surface area contributed by atoms with Gasteiger partial charge in [0, 0.05) is 18.9 Å². The van der Waals surface area contributed by atoms with E-state index in [9.17, 15) is 76.3 Å². The van der Waals surface area contributed by atoms with Gasteiger partial charge in [0.1, 0.15) is 103 Å². The fourth-order valence-corrected chi connectivity index (χ4v) is 14.0. The summed E-state index contributed by atoms with van der Waals surface area (Å²) in [7, 11) is 0. The van der Waals surface area contributed by atoms with Gasteiger partial charge in [-0.15, -0.1) is 0 Å². The van der Waals surface area contributed by atoms with Gasteiger partial charge in [0.05, 0.1) is 32.5 Å². The second-order valence-electron chi connectivity index (χ2n) is 23.0. The molecule has 0 aromatic carbocycles. The van der Waals surface area contributed by atoms with E-state index < -0.39 is 161 Å². The number of Topliss-reactive ketones (excluding diaryl/α,β-unsaturated/α-hetero) is 1. The molecule has 23 nitrogen and oxygen atoms in total. The number of carbonyl (C=O) groups excluding carboxylic acids is 1. The number of ether oxygens (including phenoxy) is 8. The standard InChI is InChI=1S/C51H82O23/c1-20(2)21(3)6-7-22(15-52)26-14-27(56)33-23-8-9-25-34(58)29(11-13-50(25,4)24(23)10-12-51(26,33)5)68-48-42(66)44(43(32(18-55)71-48)72-46-40(64)38(62)36(60)30(16-53)69-46)73-49-45(35(59)28(57)19-67-49)74-47-41(65)39(63)37(61)31(17-54)70-47/h9,20,22-24,26,28-49,52-55,57-66H,3,6-8,10-19H2,1-2,4-5H3/t22-,23+,24-,26+,28+,29-,30+,31+,32+,33+,34+,35+,36-,37-,38-,39-,40+,41+,42+,43+,44+,45-,46-,47-,48+,49-,50+,51+/m0/s1. The average molecular weight is 1060 g/mol. The van der Waals surface area contributed by atoms with Gasteiger partial charge >= 0.3 is 0 Å². The van der Waals surface area contributed by atoms with Crippen LogP contribution in [-0.2, 0) is 42.7 Å². The summed E-state index contributed by atoms with van der Waals surface area (Å²) in [4.78, 5) is 14.2. The highest BCUT2D eigenvalue weighted by Crippen LogP contribution is 2.66. The highest BCUT2D eigenvalue weighted by atomic mass is 16.8. The largest absolute Gasteiger partial charge is 0.396 e. The molecule has 0 aromatic rings. The van der Waals surface area contributed by atoms with Gasteiger partial charge in [0.15, 0.2) is 25.2 Å². The first-order chi connectivity index (χ1) is 35.0. The predicted molar refractivity (Wildman–Crippen MR) is 251 cm³/mol. The van der Waals surface area contributed by atoms with E-state index in [0.29, 0.717) is 25.2 Å². The topological polar surface area (TPSA) is 374 Å². The number of aliphatic hydroxyl groups excluding tert-OH is 14. The average Bonchev–Trinajstić information content (AvgIpc) is 3.65. The summed E-state index contributed by atoms with van der Waals surface area (Å²) in [5.74, 6) is 0.368. The molecule has 4 heterocycles. The first kappa shape index (κ1) is 58.4. The lowest BCUT2D eigenvalue weighted by molar-refractivity contribution is -0.397. The van der Waals surface area contributed by atoms with E-state index in [1.165, 1.54) is 0 Å². The highest BCUT2D eigenvalue weighted by molar-refractivity contribution is 5.85. The third-order valence-corrected chi connectivity index (χ3v) is 18.5. The predicted octanol–water partition coefficient (Wildman–Crippen LogP) is -3.39. The van der Waals surface area contributed by atoms with E-state index >= 15 is 0 Å². The zero-order valence-corrected chi connectivity index (χ0v) is 42.5. The van der Waals surface area contributed by atoms with Crippen LogP contribution in [0.15, 0.2) is 23.8 Å². The Bertz CT molecular complexity index is 1940. The van der Waals surface area contributed by atoms with Crippen molar-refractivity contribution in [2.24, 2.45) is 46.3 Å². The molecule has 74 heavy (non-hydrogen) atoms. The molecule has 0 aromatic heterocycles. The molecule has 424 valence electrons. The summed E-state index contributed by atoms with van der Waals surface area (Å²) in [6, 6.07) is 0. The van der Waals surface area contributed by atoms with Crippen LogP contribution in [-0.4, -0.2) is 239 Å². The highest BCUT2D eigenvalue weighted by Gasteiger charge is 2.64. The van der Waals surface area contributed by atoms with Crippen molar-refractivity contribution < 1.29 is 114 Å². The Hall–Kier alpha value is -1.73. The van der Waals surface area contributed by atoms with Gasteiger partial charge in [-0.1, -0.05) is 45.9 Å². The van der Waals surface area contributed by atoms with Crippen LogP contribution in [0.3, 0.4) is 0 Å². The zero-order valence-electron chi connectivity index (χ0n) is 42.5. The number of ketones is 1. The summed E-state index contributed by atoms with van der Waals surface area (Å²) >= 11 is 0. The van der Waals surface area contributed by atoms with Gasteiger partial charge < -0.3 is 109 Å². The maximum atomic E-state index is 14.2. The molecule has 28 atom stereocenters. The Labute approximate surface area is 430 Å². The van der Waals surface area contributed by atoms with E-state index in [2.05, 4.69) is 34.3 Å². The van der Waals surface area contributed by atoms with Crippen molar-refractivity contribution in [3.63, 3.8) is 0 Å². The van der Waals surface area contributed by atoms with E-state index in [-0.39, 0.29) is 53.8 Å². The SMILES string of the molecule is C=C(CC[C@@H](CO)[C@H]1CC(=O)[C@H]2[C@@H]3CC=C4[C@@H](O)[C@@H](O[C@@H]5O[C@H](CO)[C@@H](O[C@@H]6O[C@H](CO)[C@H](O)[C@H](O)[C@H]6O)[C@H](O[C@@H]6OC[C@@H](O)[C@@H](O)[C@@H]6O[C@@H]6O[C@H](CO)[C@H](O)[C@H](O)[C@H]6O)[C@H]5O)CC[C@]4(C)[C@H]3CC[C@]12C)C(C)C. The molecule has 8 aliphatic rings.